The molecule has 0 unspecified atom stereocenters. The lowest BCUT2D eigenvalue weighted by molar-refractivity contribution is 0.0601. The number of rotatable bonds is 6. The molecule has 0 fully saturated rings. The van der Waals surface area contributed by atoms with E-state index in [1.807, 2.05) is 13.8 Å². The molecule has 1 N–H and O–H groups in total. The summed E-state index contributed by atoms with van der Waals surface area (Å²) in [6.07, 6.45) is 1.67. The van der Waals surface area contributed by atoms with E-state index >= 15 is 0 Å². The van der Waals surface area contributed by atoms with Crippen LogP contribution in [-0.2, 0) is 4.74 Å². The number of esters is 1. The van der Waals surface area contributed by atoms with Gasteiger partial charge >= 0.3 is 5.97 Å². The molecule has 2 amide bonds. The van der Waals surface area contributed by atoms with Gasteiger partial charge in [0.2, 0.25) is 5.82 Å². The Morgan fingerprint density at radius 2 is 1.76 bits per heavy atom. The molecule has 1 aromatic carbocycles. The van der Waals surface area contributed by atoms with E-state index in [4.69, 9.17) is 4.74 Å². The SMILES string of the molecule is CCN(CC)C(=O)c1nc(C(=O)Nc2ccccc2C(=O)OC)n2ccccc12. The van der Waals surface area contributed by atoms with Crippen LogP contribution in [0.1, 0.15) is 45.3 Å². The average molecular weight is 394 g/mol. The van der Waals surface area contributed by atoms with Crippen LogP contribution in [0.2, 0.25) is 0 Å². The smallest absolute Gasteiger partial charge is 0.339 e. The highest BCUT2D eigenvalue weighted by atomic mass is 16.5. The number of ether oxygens (including phenoxy) is 1. The Labute approximate surface area is 168 Å². The molecule has 29 heavy (non-hydrogen) atoms. The zero-order chi connectivity index (χ0) is 21.0. The fourth-order valence-corrected chi connectivity index (χ4v) is 3.07. The molecule has 8 nitrogen and oxygen atoms in total. The molecule has 0 saturated carbocycles. The lowest BCUT2D eigenvalue weighted by Gasteiger charge is -2.17. The van der Waals surface area contributed by atoms with Gasteiger partial charge in [-0.2, -0.15) is 0 Å². The molecule has 0 bridgehead atoms. The molecular weight excluding hydrogens is 372 g/mol. The normalized spacial score (nSPS) is 10.6. The van der Waals surface area contributed by atoms with Crippen molar-refractivity contribution in [1.29, 1.82) is 0 Å². The molecule has 0 aliphatic heterocycles. The molecule has 150 valence electrons. The maximum Gasteiger partial charge on any atom is 0.339 e. The van der Waals surface area contributed by atoms with Gasteiger partial charge in [0.15, 0.2) is 5.69 Å². The van der Waals surface area contributed by atoms with E-state index in [9.17, 15) is 14.4 Å². The summed E-state index contributed by atoms with van der Waals surface area (Å²) in [5, 5.41) is 2.70. The van der Waals surface area contributed by atoms with Crippen molar-refractivity contribution in [1.82, 2.24) is 14.3 Å². The molecule has 2 heterocycles. The number of carbonyl (C=O) groups is 3. The summed E-state index contributed by atoms with van der Waals surface area (Å²) in [5.41, 5.74) is 1.27. The van der Waals surface area contributed by atoms with E-state index in [1.165, 1.54) is 7.11 Å². The Kier molecular flexibility index (Phi) is 5.92. The predicted molar refractivity (Wildman–Crippen MR) is 108 cm³/mol. The minimum absolute atomic E-state index is 0.0516. The van der Waals surface area contributed by atoms with Gasteiger partial charge in [0.1, 0.15) is 0 Å². The molecule has 0 radical (unpaired) electrons. The van der Waals surface area contributed by atoms with E-state index in [0.717, 1.165) is 0 Å². The maximum atomic E-state index is 13.0. The minimum atomic E-state index is -0.564. The standard InChI is InChI=1S/C21H22N4O4/c1-4-24(5-2)20(27)17-16-12-8-9-13-25(16)18(23-17)19(26)22-15-11-7-6-10-14(15)21(28)29-3/h6-13H,4-5H2,1-3H3,(H,22,26). The van der Waals surface area contributed by atoms with Crippen LogP contribution in [0.15, 0.2) is 48.7 Å². The zero-order valence-electron chi connectivity index (χ0n) is 16.5. The molecule has 0 atom stereocenters. The van der Waals surface area contributed by atoms with Crippen molar-refractivity contribution in [3.8, 4) is 0 Å². The molecule has 2 aromatic heterocycles. The monoisotopic (exact) mass is 394 g/mol. The highest BCUT2D eigenvalue weighted by Gasteiger charge is 2.24. The number of aromatic nitrogens is 2. The van der Waals surface area contributed by atoms with Gasteiger partial charge in [0, 0.05) is 19.3 Å². The highest BCUT2D eigenvalue weighted by Crippen LogP contribution is 2.19. The Hall–Kier alpha value is -3.68. The third-order valence-corrected chi connectivity index (χ3v) is 4.59. The van der Waals surface area contributed by atoms with Crippen LogP contribution in [-0.4, -0.2) is 52.3 Å². The molecule has 0 spiro atoms. The number of hydrogen-bond donors (Lipinski definition) is 1. The van der Waals surface area contributed by atoms with Gasteiger partial charge in [-0.1, -0.05) is 18.2 Å². The largest absolute Gasteiger partial charge is 0.465 e. The summed E-state index contributed by atoms with van der Waals surface area (Å²) < 4.78 is 6.32. The van der Waals surface area contributed by atoms with Crippen LogP contribution >= 0.6 is 0 Å². The van der Waals surface area contributed by atoms with E-state index in [-0.39, 0.29) is 23.0 Å². The summed E-state index contributed by atoms with van der Waals surface area (Å²) in [7, 11) is 1.27. The van der Waals surface area contributed by atoms with Crippen molar-refractivity contribution >= 4 is 29.0 Å². The molecule has 0 aliphatic carbocycles. The van der Waals surface area contributed by atoms with Crippen LogP contribution in [0.25, 0.3) is 5.52 Å². The number of methoxy groups -OCH3 is 1. The number of para-hydroxylation sites is 1. The van der Waals surface area contributed by atoms with Crippen LogP contribution in [0.3, 0.4) is 0 Å². The van der Waals surface area contributed by atoms with Gasteiger partial charge in [-0.15, -0.1) is 0 Å². The summed E-state index contributed by atoms with van der Waals surface area (Å²) in [6.45, 7) is 4.85. The van der Waals surface area contributed by atoms with Crippen LogP contribution in [0, 0.1) is 0 Å². The average Bonchev–Trinajstić information content (AvgIpc) is 3.14. The van der Waals surface area contributed by atoms with Gasteiger partial charge in [-0.05, 0) is 38.1 Å². The first-order chi connectivity index (χ1) is 14.0. The first-order valence-corrected chi connectivity index (χ1v) is 9.26. The Morgan fingerprint density at radius 1 is 1.07 bits per heavy atom. The third-order valence-electron chi connectivity index (χ3n) is 4.59. The summed E-state index contributed by atoms with van der Waals surface area (Å²) >= 11 is 0. The molecule has 3 rings (SSSR count). The number of imidazole rings is 1. The molecule has 8 heteroatoms. The molecule has 3 aromatic rings. The fourth-order valence-electron chi connectivity index (χ4n) is 3.07. The Balaban J connectivity index is 2.02. The van der Waals surface area contributed by atoms with E-state index in [1.54, 1.807) is 58.0 Å². The first kappa shape index (κ1) is 20.1. The number of nitrogens with zero attached hydrogens (tertiary/aromatic N) is 3. The number of pyridine rings is 1. The van der Waals surface area contributed by atoms with Gasteiger partial charge in [0.05, 0.1) is 23.9 Å². The van der Waals surface area contributed by atoms with Crippen LogP contribution in [0.5, 0.6) is 0 Å². The van der Waals surface area contributed by atoms with Crippen LogP contribution in [0.4, 0.5) is 5.69 Å². The Bertz CT molecular complexity index is 1070. The quantitative estimate of drug-likeness (QED) is 0.649. The number of carbonyl (C=O) groups excluding carboxylic acids is 3. The van der Waals surface area contributed by atoms with E-state index in [0.29, 0.717) is 24.3 Å². The van der Waals surface area contributed by atoms with Crippen LogP contribution < -0.4 is 5.32 Å². The van der Waals surface area contributed by atoms with Crippen molar-refractivity contribution in [2.75, 3.05) is 25.5 Å². The number of hydrogen-bond acceptors (Lipinski definition) is 5. The van der Waals surface area contributed by atoms with Crippen molar-refractivity contribution < 1.29 is 19.1 Å². The topological polar surface area (TPSA) is 93.0 Å². The molecule has 0 saturated heterocycles. The maximum absolute atomic E-state index is 13.0. The predicted octanol–water partition coefficient (Wildman–Crippen LogP) is 2.86. The number of anilines is 1. The van der Waals surface area contributed by atoms with Gasteiger partial charge in [-0.3, -0.25) is 14.0 Å². The second-order valence-electron chi connectivity index (χ2n) is 6.21. The van der Waals surface area contributed by atoms with Gasteiger partial charge in [0.25, 0.3) is 11.8 Å². The van der Waals surface area contributed by atoms with Crippen molar-refractivity contribution in [3.05, 3.63) is 65.7 Å². The molecular formula is C21H22N4O4. The van der Waals surface area contributed by atoms with Crippen molar-refractivity contribution in [3.63, 3.8) is 0 Å². The van der Waals surface area contributed by atoms with Gasteiger partial charge < -0.3 is 15.0 Å². The van der Waals surface area contributed by atoms with E-state index in [2.05, 4.69) is 10.3 Å². The minimum Gasteiger partial charge on any atom is -0.465 e. The van der Waals surface area contributed by atoms with E-state index < -0.39 is 11.9 Å². The lowest BCUT2D eigenvalue weighted by atomic mass is 10.2. The Morgan fingerprint density at radius 3 is 2.45 bits per heavy atom. The van der Waals surface area contributed by atoms with Crippen molar-refractivity contribution in [2.24, 2.45) is 0 Å². The third kappa shape index (κ3) is 3.82. The summed E-state index contributed by atoms with van der Waals surface area (Å²) in [5.74, 6) is -1.30. The fraction of sp³-hybridized carbons (Fsp3) is 0.238. The van der Waals surface area contributed by atoms with Crippen molar-refractivity contribution in [2.45, 2.75) is 13.8 Å². The second kappa shape index (κ2) is 8.55. The molecule has 0 aliphatic rings. The second-order valence-corrected chi connectivity index (χ2v) is 6.21. The number of amides is 2. The van der Waals surface area contributed by atoms with Gasteiger partial charge in [-0.25, -0.2) is 9.78 Å². The zero-order valence-corrected chi connectivity index (χ0v) is 16.5. The summed E-state index contributed by atoms with van der Waals surface area (Å²) in [4.78, 5) is 43.8. The number of benzene rings is 1. The lowest BCUT2D eigenvalue weighted by Crippen LogP contribution is -2.31. The first-order valence-electron chi connectivity index (χ1n) is 9.26. The summed E-state index contributed by atoms with van der Waals surface area (Å²) in [6, 6.07) is 11.8. The number of nitrogens with one attached hydrogen (secondary N) is 1. The highest BCUT2D eigenvalue weighted by molar-refractivity contribution is 6.08. The number of fused-ring (bicyclic) bond motifs is 1.